The number of likely N-dealkylation sites (tertiary alicyclic amines) is 2. The van der Waals surface area contributed by atoms with Gasteiger partial charge in [0.2, 0.25) is 0 Å². The molecule has 2 saturated heterocycles. The van der Waals surface area contributed by atoms with Gasteiger partial charge in [-0.3, -0.25) is 14.5 Å². The molecule has 0 bridgehead atoms. The molecule has 1 spiro atoms. The van der Waals surface area contributed by atoms with Crippen molar-refractivity contribution in [2.75, 3.05) is 26.2 Å². The fourth-order valence-electron chi connectivity index (χ4n) is 4.03. The van der Waals surface area contributed by atoms with Gasteiger partial charge in [-0.2, -0.15) is 0 Å². The van der Waals surface area contributed by atoms with Crippen LogP contribution in [0.15, 0.2) is 23.0 Å². The zero-order valence-electron chi connectivity index (χ0n) is 13.5. The summed E-state index contributed by atoms with van der Waals surface area (Å²) in [4.78, 5) is 27.9. The number of carboxylic acids is 1. The number of hydrogen-bond donors (Lipinski definition) is 1. The van der Waals surface area contributed by atoms with Gasteiger partial charge < -0.3 is 14.4 Å². The summed E-state index contributed by atoms with van der Waals surface area (Å²) in [6.07, 6.45) is 6.41. The Morgan fingerprint density at radius 3 is 2.70 bits per heavy atom. The smallest absolute Gasteiger partial charge is 0.320 e. The van der Waals surface area contributed by atoms with Crippen LogP contribution in [0, 0.1) is 5.41 Å². The van der Waals surface area contributed by atoms with Crippen molar-refractivity contribution in [2.24, 2.45) is 5.41 Å². The highest BCUT2D eigenvalue weighted by atomic mass is 16.4. The van der Waals surface area contributed by atoms with Crippen molar-refractivity contribution >= 4 is 11.9 Å². The molecular weight excluding hydrogens is 296 g/mol. The molecule has 1 aromatic heterocycles. The quantitative estimate of drug-likeness (QED) is 0.919. The second kappa shape index (κ2) is 6.35. The highest BCUT2D eigenvalue weighted by molar-refractivity contribution is 5.93. The monoisotopic (exact) mass is 320 g/mol. The fraction of sp³-hybridized carbons (Fsp3) is 0.647. The van der Waals surface area contributed by atoms with Crippen LogP contribution in [-0.4, -0.2) is 59.0 Å². The van der Waals surface area contributed by atoms with Crippen LogP contribution in [0.3, 0.4) is 0 Å². The lowest BCUT2D eigenvalue weighted by atomic mass is 9.76. The summed E-state index contributed by atoms with van der Waals surface area (Å²) in [5.41, 5.74) is 0.634. The lowest BCUT2D eigenvalue weighted by molar-refractivity contribution is -0.142. The summed E-state index contributed by atoms with van der Waals surface area (Å²) < 4.78 is 4.98. The van der Waals surface area contributed by atoms with Crippen molar-refractivity contribution in [1.29, 1.82) is 0 Å². The molecule has 1 atom stereocenters. The van der Waals surface area contributed by atoms with E-state index in [1.807, 2.05) is 4.90 Å². The average molecular weight is 320 g/mol. The Morgan fingerprint density at radius 1 is 1.39 bits per heavy atom. The van der Waals surface area contributed by atoms with E-state index in [0.29, 0.717) is 25.1 Å². The predicted molar refractivity (Wildman–Crippen MR) is 84.2 cm³/mol. The average Bonchev–Trinajstić information content (AvgIpc) is 3.17. The van der Waals surface area contributed by atoms with Gasteiger partial charge in [0, 0.05) is 19.6 Å². The molecule has 0 aliphatic carbocycles. The van der Waals surface area contributed by atoms with Gasteiger partial charge in [-0.1, -0.05) is 6.92 Å². The van der Waals surface area contributed by atoms with E-state index in [1.165, 1.54) is 12.5 Å². The molecule has 6 nitrogen and oxygen atoms in total. The number of carbonyl (C=O) groups excluding carboxylic acids is 1. The van der Waals surface area contributed by atoms with Crippen molar-refractivity contribution in [2.45, 2.75) is 38.6 Å². The topological polar surface area (TPSA) is 74.0 Å². The molecule has 0 unspecified atom stereocenters. The first kappa shape index (κ1) is 16.1. The maximum atomic E-state index is 12.4. The van der Waals surface area contributed by atoms with Crippen LogP contribution in [0.5, 0.6) is 0 Å². The van der Waals surface area contributed by atoms with Crippen molar-refractivity contribution in [3.05, 3.63) is 24.2 Å². The Kier molecular flexibility index (Phi) is 4.43. The van der Waals surface area contributed by atoms with Crippen LogP contribution in [0.25, 0.3) is 0 Å². The molecule has 0 aromatic carbocycles. The molecule has 0 radical (unpaired) electrons. The highest BCUT2D eigenvalue weighted by Crippen LogP contribution is 2.43. The minimum Gasteiger partial charge on any atom is -0.480 e. The molecule has 1 N–H and O–H groups in total. The molecule has 3 heterocycles. The van der Waals surface area contributed by atoms with Gasteiger partial charge in [-0.05, 0) is 43.7 Å². The Bertz CT molecular complexity index is 561. The van der Waals surface area contributed by atoms with Crippen molar-refractivity contribution < 1.29 is 19.1 Å². The van der Waals surface area contributed by atoms with Gasteiger partial charge in [0.1, 0.15) is 12.3 Å². The number of hydrogen-bond acceptors (Lipinski definition) is 4. The number of nitrogens with zero attached hydrogens (tertiary/aromatic N) is 2. The van der Waals surface area contributed by atoms with Gasteiger partial charge in [0.25, 0.3) is 5.91 Å². The second-order valence-electron chi connectivity index (χ2n) is 6.83. The summed E-state index contributed by atoms with van der Waals surface area (Å²) in [5.74, 6) is -0.709. The summed E-state index contributed by atoms with van der Waals surface area (Å²) >= 11 is 0. The Labute approximate surface area is 136 Å². The van der Waals surface area contributed by atoms with E-state index in [1.54, 1.807) is 6.07 Å². The van der Waals surface area contributed by atoms with Gasteiger partial charge in [-0.15, -0.1) is 0 Å². The molecule has 2 aliphatic rings. The van der Waals surface area contributed by atoms with E-state index in [4.69, 9.17) is 4.42 Å². The van der Waals surface area contributed by atoms with Crippen molar-refractivity contribution in [3.63, 3.8) is 0 Å². The Morgan fingerprint density at radius 2 is 2.13 bits per heavy atom. The van der Waals surface area contributed by atoms with Crippen LogP contribution in [0.4, 0.5) is 0 Å². The summed E-state index contributed by atoms with van der Waals surface area (Å²) in [7, 11) is 0. The van der Waals surface area contributed by atoms with Crippen LogP contribution in [-0.2, 0) is 4.79 Å². The number of aliphatic carboxylic acids is 1. The van der Waals surface area contributed by atoms with Gasteiger partial charge in [-0.25, -0.2) is 0 Å². The molecular formula is C17H24N2O4. The molecule has 1 amide bonds. The van der Waals surface area contributed by atoms with Crippen LogP contribution in [0.2, 0.25) is 0 Å². The second-order valence-corrected chi connectivity index (χ2v) is 6.83. The first-order valence-corrected chi connectivity index (χ1v) is 8.33. The van der Waals surface area contributed by atoms with Gasteiger partial charge >= 0.3 is 5.97 Å². The molecule has 3 rings (SSSR count). The number of amides is 1. The standard InChI is InChI=1S/C17H24N2O4/c1-2-6-19-12-17(10-14(19)16(21)22)4-7-18(8-5-17)15(20)13-3-9-23-11-13/h3,9,11,14H,2,4-8,10,12H2,1H3,(H,21,22)/t14-/m0/s1. The Hall–Kier alpha value is -1.82. The van der Waals surface area contributed by atoms with Crippen molar-refractivity contribution in [1.82, 2.24) is 9.80 Å². The third kappa shape index (κ3) is 3.13. The van der Waals surface area contributed by atoms with Crippen LogP contribution in [0.1, 0.15) is 43.0 Å². The van der Waals surface area contributed by atoms with E-state index in [-0.39, 0.29) is 17.4 Å². The highest BCUT2D eigenvalue weighted by Gasteiger charge is 2.48. The molecule has 6 heteroatoms. The van der Waals surface area contributed by atoms with E-state index in [9.17, 15) is 14.7 Å². The first-order valence-electron chi connectivity index (χ1n) is 8.33. The zero-order chi connectivity index (χ0) is 16.4. The SMILES string of the molecule is CCCN1CC2(CCN(C(=O)c3ccoc3)CC2)C[C@H]1C(=O)O. The predicted octanol–water partition coefficient (Wildman–Crippen LogP) is 2.07. The maximum absolute atomic E-state index is 12.4. The molecule has 2 aliphatic heterocycles. The van der Waals surface area contributed by atoms with E-state index in [2.05, 4.69) is 11.8 Å². The normalized spacial score (nSPS) is 24.2. The number of piperidine rings is 1. The lowest BCUT2D eigenvalue weighted by Crippen LogP contribution is -2.44. The largest absolute Gasteiger partial charge is 0.480 e. The molecule has 23 heavy (non-hydrogen) atoms. The minimum atomic E-state index is -0.716. The van der Waals surface area contributed by atoms with E-state index >= 15 is 0 Å². The number of carboxylic acid groups (broad SMARTS) is 1. The number of rotatable bonds is 4. The summed E-state index contributed by atoms with van der Waals surface area (Å²) in [6, 6.07) is 1.32. The van der Waals surface area contributed by atoms with Gasteiger partial charge in [0.15, 0.2) is 0 Å². The summed E-state index contributed by atoms with van der Waals surface area (Å²) in [6.45, 7) is 5.13. The van der Waals surface area contributed by atoms with E-state index in [0.717, 1.165) is 32.4 Å². The molecule has 2 fully saturated rings. The van der Waals surface area contributed by atoms with Crippen molar-refractivity contribution in [3.8, 4) is 0 Å². The Balaban J connectivity index is 1.64. The third-order valence-electron chi connectivity index (χ3n) is 5.28. The third-order valence-corrected chi connectivity index (χ3v) is 5.28. The first-order chi connectivity index (χ1) is 11.0. The molecule has 0 saturated carbocycles. The zero-order valence-corrected chi connectivity index (χ0v) is 13.5. The minimum absolute atomic E-state index is 0.00629. The molecule has 1 aromatic rings. The molecule has 126 valence electrons. The fourth-order valence-corrected chi connectivity index (χ4v) is 4.03. The number of furan rings is 1. The van der Waals surface area contributed by atoms with Gasteiger partial charge in [0.05, 0.1) is 11.8 Å². The van der Waals surface area contributed by atoms with Crippen LogP contribution < -0.4 is 0 Å². The number of carbonyl (C=O) groups is 2. The van der Waals surface area contributed by atoms with E-state index < -0.39 is 5.97 Å². The van der Waals surface area contributed by atoms with Crippen LogP contribution >= 0.6 is 0 Å². The summed E-state index contributed by atoms with van der Waals surface area (Å²) in [5, 5.41) is 9.47. The maximum Gasteiger partial charge on any atom is 0.320 e. The lowest BCUT2D eigenvalue weighted by Gasteiger charge is -2.39.